The maximum atomic E-state index is 12.4. The molecule has 31 heavy (non-hydrogen) atoms. The predicted octanol–water partition coefficient (Wildman–Crippen LogP) is 1.66. The number of nitrogens with zero attached hydrogens (tertiary/aromatic N) is 3. The number of rotatable bonds is 9. The minimum absolute atomic E-state index is 0.190. The van der Waals surface area contributed by atoms with Gasteiger partial charge in [-0.05, 0) is 32.0 Å². The SMILES string of the molecule is Cc1ccn(C[C@@H](OC(=O)N[C@@H](C)C(=O)CNS(=O)(=O)c2ccccn2)C(C)(C)C)n1. The summed E-state index contributed by atoms with van der Waals surface area (Å²) in [6.07, 6.45) is 1.87. The minimum Gasteiger partial charge on any atom is -0.444 e. The zero-order chi connectivity index (χ0) is 23.2. The molecule has 0 unspecified atom stereocenters. The van der Waals surface area contributed by atoms with E-state index >= 15 is 0 Å². The Morgan fingerprint density at radius 2 is 1.94 bits per heavy atom. The fourth-order valence-corrected chi connectivity index (χ4v) is 3.48. The molecular formula is C20H29N5O5S. The molecule has 2 N–H and O–H groups in total. The van der Waals surface area contributed by atoms with Crippen LogP contribution in [-0.4, -0.2) is 53.7 Å². The number of carbonyl (C=O) groups excluding carboxylic acids is 2. The lowest BCUT2D eigenvalue weighted by molar-refractivity contribution is -0.119. The van der Waals surface area contributed by atoms with E-state index in [1.54, 1.807) is 16.9 Å². The summed E-state index contributed by atoms with van der Waals surface area (Å²) in [6, 6.07) is 5.33. The van der Waals surface area contributed by atoms with Crippen LogP contribution in [0.3, 0.4) is 0 Å². The Morgan fingerprint density at radius 3 is 2.48 bits per heavy atom. The third kappa shape index (κ3) is 7.44. The zero-order valence-corrected chi connectivity index (χ0v) is 19.1. The van der Waals surface area contributed by atoms with Crippen LogP contribution in [-0.2, 0) is 26.1 Å². The second kappa shape index (κ2) is 10.0. The summed E-state index contributed by atoms with van der Waals surface area (Å²) < 4.78 is 33.8. The van der Waals surface area contributed by atoms with Crippen molar-refractivity contribution >= 4 is 21.9 Å². The van der Waals surface area contributed by atoms with E-state index in [1.807, 2.05) is 33.8 Å². The lowest BCUT2D eigenvalue weighted by Gasteiger charge is -2.30. The summed E-state index contributed by atoms with van der Waals surface area (Å²) in [7, 11) is -3.92. The van der Waals surface area contributed by atoms with Gasteiger partial charge in [-0.2, -0.15) is 5.10 Å². The maximum absolute atomic E-state index is 12.4. The fourth-order valence-electron chi connectivity index (χ4n) is 2.54. The molecule has 0 bridgehead atoms. The molecule has 0 radical (unpaired) electrons. The van der Waals surface area contributed by atoms with E-state index in [0.29, 0.717) is 6.54 Å². The number of hydrogen-bond acceptors (Lipinski definition) is 7. The number of amides is 1. The molecule has 2 rings (SSSR count). The minimum atomic E-state index is -3.92. The third-order valence-electron chi connectivity index (χ3n) is 4.51. The second-order valence-electron chi connectivity index (χ2n) is 8.26. The summed E-state index contributed by atoms with van der Waals surface area (Å²) in [4.78, 5) is 28.4. The van der Waals surface area contributed by atoms with Crippen molar-refractivity contribution in [1.29, 1.82) is 0 Å². The number of alkyl carbamates (subject to hydrolysis) is 1. The van der Waals surface area contributed by atoms with Gasteiger partial charge in [-0.25, -0.2) is 22.9 Å². The van der Waals surface area contributed by atoms with E-state index in [0.717, 1.165) is 5.69 Å². The molecule has 0 aliphatic carbocycles. The second-order valence-corrected chi connectivity index (χ2v) is 9.98. The molecule has 170 valence electrons. The molecule has 1 amide bonds. The van der Waals surface area contributed by atoms with Crippen molar-refractivity contribution in [1.82, 2.24) is 24.8 Å². The number of pyridine rings is 1. The van der Waals surface area contributed by atoms with Crippen LogP contribution in [0.1, 0.15) is 33.4 Å². The Labute approximate surface area is 182 Å². The topological polar surface area (TPSA) is 132 Å². The highest BCUT2D eigenvalue weighted by Crippen LogP contribution is 2.24. The van der Waals surface area contributed by atoms with Gasteiger partial charge in [0.05, 0.1) is 24.8 Å². The smallest absolute Gasteiger partial charge is 0.408 e. The highest BCUT2D eigenvalue weighted by Gasteiger charge is 2.30. The van der Waals surface area contributed by atoms with Gasteiger partial charge in [0.1, 0.15) is 6.10 Å². The summed E-state index contributed by atoms with van der Waals surface area (Å²) >= 11 is 0. The molecular weight excluding hydrogens is 422 g/mol. The molecule has 2 aromatic heterocycles. The third-order valence-corrected chi connectivity index (χ3v) is 5.83. The molecule has 2 atom stereocenters. The van der Waals surface area contributed by atoms with Crippen LogP contribution in [0.4, 0.5) is 4.79 Å². The molecule has 2 aromatic rings. The van der Waals surface area contributed by atoms with Crippen molar-refractivity contribution in [2.75, 3.05) is 6.54 Å². The van der Waals surface area contributed by atoms with Crippen molar-refractivity contribution < 1.29 is 22.7 Å². The van der Waals surface area contributed by atoms with Gasteiger partial charge in [0.15, 0.2) is 10.8 Å². The Hall–Kier alpha value is -2.79. The number of aromatic nitrogens is 3. The Kier molecular flexibility index (Phi) is 7.91. The largest absolute Gasteiger partial charge is 0.444 e. The van der Waals surface area contributed by atoms with Crippen LogP contribution in [0.5, 0.6) is 0 Å². The van der Waals surface area contributed by atoms with Crippen molar-refractivity contribution in [2.24, 2.45) is 5.41 Å². The lowest BCUT2D eigenvalue weighted by atomic mass is 9.89. The molecule has 0 aromatic carbocycles. The first-order valence-corrected chi connectivity index (χ1v) is 11.3. The van der Waals surface area contributed by atoms with Gasteiger partial charge in [-0.3, -0.25) is 9.48 Å². The van der Waals surface area contributed by atoms with Crippen LogP contribution in [0.2, 0.25) is 0 Å². The van der Waals surface area contributed by atoms with E-state index < -0.39 is 40.6 Å². The van der Waals surface area contributed by atoms with E-state index in [9.17, 15) is 18.0 Å². The van der Waals surface area contributed by atoms with E-state index in [1.165, 1.54) is 25.3 Å². The van der Waals surface area contributed by atoms with E-state index in [2.05, 4.69) is 20.1 Å². The summed E-state index contributed by atoms with van der Waals surface area (Å²) in [5, 5.41) is 6.58. The van der Waals surface area contributed by atoms with Crippen LogP contribution >= 0.6 is 0 Å². The van der Waals surface area contributed by atoms with Crippen LogP contribution in [0.25, 0.3) is 0 Å². The Morgan fingerprint density at radius 1 is 1.23 bits per heavy atom. The number of sulfonamides is 1. The molecule has 11 heteroatoms. The number of aryl methyl sites for hydroxylation is 1. The van der Waals surface area contributed by atoms with Gasteiger partial charge < -0.3 is 10.1 Å². The summed E-state index contributed by atoms with van der Waals surface area (Å²) in [5.41, 5.74) is 0.479. The highest BCUT2D eigenvalue weighted by atomic mass is 32.2. The maximum Gasteiger partial charge on any atom is 0.408 e. The number of Topliss-reactive ketones (excluding diaryl/α,β-unsaturated/α-hetero) is 1. The molecule has 2 heterocycles. The molecule has 10 nitrogen and oxygen atoms in total. The van der Waals surface area contributed by atoms with Crippen molar-refractivity contribution in [2.45, 2.75) is 58.3 Å². The predicted molar refractivity (Wildman–Crippen MR) is 114 cm³/mol. The van der Waals surface area contributed by atoms with Crippen LogP contribution < -0.4 is 10.0 Å². The first-order valence-electron chi connectivity index (χ1n) is 9.79. The van der Waals surface area contributed by atoms with Crippen LogP contribution in [0, 0.1) is 12.3 Å². The summed E-state index contributed by atoms with van der Waals surface area (Å²) in [5.74, 6) is -0.522. The summed E-state index contributed by atoms with van der Waals surface area (Å²) in [6.45, 7) is 8.99. The molecule has 0 fully saturated rings. The Balaban J connectivity index is 1.91. The van der Waals surface area contributed by atoms with Gasteiger partial charge >= 0.3 is 6.09 Å². The number of nitrogens with one attached hydrogen (secondary N) is 2. The molecule has 0 aliphatic heterocycles. The van der Waals surface area contributed by atoms with Gasteiger partial charge in [0, 0.05) is 17.8 Å². The number of ether oxygens (including phenoxy) is 1. The van der Waals surface area contributed by atoms with E-state index in [4.69, 9.17) is 4.74 Å². The van der Waals surface area contributed by atoms with Crippen molar-refractivity contribution in [3.05, 3.63) is 42.4 Å². The molecule has 0 saturated carbocycles. The number of hydrogen-bond donors (Lipinski definition) is 2. The number of ketones is 1. The molecule has 0 aliphatic rings. The fraction of sp³-hybridized carbons (Fsp3) is 0.500. The van der Waals surface area contributed by atoms with Gasteiger partial charge in [0.2, 0.25) is 0 Å². The number of carbonyl (C=O) groups is 2. The Bertz CT molecular complexity index is 998. The zero-order valence-electron chi connectivity index (χ0n) is 18.3. The van der Waals surface area contributed by atoms with Gasteiger partial charge in [-0.1, -0.05) is 26.8 Å². The standard InChI is InChI=1S/C20H29N5O5S/c1-14-9-11-25(24-14)13-17(20(3,4)5)30-19(27)23-15(2)16(26)12-22-31(28,29)18-8-6-7-10-21-18/h6-11,15,17,22H,12-13H2,1-5H3,(H,23,27)/t15-,17+/m0/s1. The van der Waals surface area contributed by atoms with Crippen molar-refractivity contribution in [3.8, 4) is 0 Å². The van der Waals surface area contributed by atoms with Crippen molar-refractivity contribution in [3.63, 3.8) is 0 Å². The average molecular weight is 452 g/mol. The van der Waals surface area contributed by atoms with E-state index in [-0.39, 0.29) is 10.4 Å². The first kappa shape index (κ1) is 24.5. The van der Waals surface area contributed by atoms with Crippen LogP contribution in [0.15, 0.2) is 41.7 Å². The lowest BCUT2D eigenvalue weighted by Crippen LogP contribution is -2.46. The monoisotopic (exact) mass is 451 g/mol. The normalized spacial score (nSPS) is 14.0. The first-order chi connectivity index (χ1) is 14.4. The molecule has 0 saturated heterocycles. The highest BCUT2D eigenvalue weighted by molar-refractivity contribution is 7.89. The van der Waals surface area contributed by atoms with Gasteiger partial charge in [-0.15, -0.1) is 0 Å². The molecule has 0 spiro atoms. The average Bonchev–Trinajstić information content (AvgIpc) is 3.10. The van der Waals surface area contributed by atoms with Gasteiger partial charge in [0.25, 0.3) is 10.0 Å². The quantitative estimate of drug-likeness (QED) is 0.592.